The summed E-state index contributed by atoms with van der Waals surface area (Å²) < 4.78 is 2.93. The molecule has 312 valence electrons. The fourth-order valence-electron chi connectivity index (χ4n) is 14.2. The molecule has 11 rings (SSSR count). The topological polar surface area (TPSA) is 6.48 Å². The van der Waals surface area contributed by atoms with E-state index in [-0.39, 0.29) is 33.9 Å². The van der Waals surface area contributed by atoms with Crippen molar-refractivity contribution in [2.45, 2.75) is 174 Å². The van der Waals surface area contributed by atoms with Crippen molar-refractivity contribution in [2.24, 2.45) is 17.8 Å². The van der Waals surface area contributed by atoms with Gasteiger partial charge < -0.3 is 9.80 Å². The van der Waals surface area contributed by atoms with Crippen LogP contribution in [0.1, 0.15) is 175 Å². The molecule has 4 unspecified atom stereocenters. The zero-order valence-electron chi connectivity index (χ0n) is 38.9. The molecule has 4 aromatic carbocycles. The van der Waals surface area contributed by atoms with Crippen molar-refractivity contribution in [1.82, 2.24) is 0 Å². The quantitative estimate of drug-likeness (QED) is 0.164. The highest BCUT2D eigenvalue weighted by molar-refractivity contribution is 7.33. The van der Waals surface area contributed by atoms with Crippen molar-refractivity contribution in [3.8, 4) is 0 Å². The smallest absolute Gasteiger partial charge is 0.264 e. The first kappa shape index (κ1) is 39.4. The van der Waals surface area contributed by atoms with E-state index in [2.05, 4.69) is 171 Å². The third-order valence-corrected chi connectivity index (χ3v) is 18.7. The van der Waals surface area contributed by atoms with E-state index < -0.39 is 0 Å². The lowest BCUT2D eigenvalue weighted by molar-refractivity contribution is 0.0899. The second-order valence-electron chi connectivity index (χ2n) is 24.1. The van der Waals surface area contributed by atoms with Crippen LogP contribution in [0.4, 0.5) is 28.4 Å². The van der Waals surface area contributed by atoms with Gasteiger partial charge in [-0.2, -0.15) is 0 Å². The molecule has 4 atom stereocenters. The number of hydrogen-bond acceptors (Lipinski definition) is 3. The molecular formula is C56H69BN2S. The largest absolute Gasteiger partial charge is 0.335 e. The maximum atomic E-state index is 2.99. The van der Waals surface area contributed by atoms with Gasteiger partial charge in [-0.25, -0.2) is 0 Å². The van der Waals surface area contributed by atoms with Crippen LogP contribution < -0.4 is 25.5 Å². The molecule has 0 saturated heterocycles. The molecule has 0 N–H and O–H groups in total. The Morgan fingerprint density at radius 3 is 2.05 bits per heavy atom. The van der Waals surface area contributed by atoms with Gasteiger partial charge in [-0.3, -0.25) is 0 Å². The zero-order chi connectivity index (χ0) is 42.1. The predicted molar refractivity (Wildman–Crippen MR) is 262 cm³/mol. The number of anilines is 5. The number of rotatable bonds is 3. The Labute approximate surface area is 366 Å². The molecule has 6 aliphatic rings. The van der Waals surface area contributed by atoms with E-state index in [0.29, 0.717) is 5.92 Å². The van der Waals surface area contributed by atoms with E-state index in [1.54, 1.807) is 27.7 Å². The van der Waals surface area contributed by atoms with Crippen LogP contribution in [0.15, 0.2) is 66.7 Å². The molecule has 3 aliphatic heterocycles. The van der Waals surface area contributed by atoms with Crippen molar-refractivity contribution in [3.63, 3.8) is 0 Å². The molecule has 3 aliphatic carbocycles. The van der Waals surface area contributed by atoms with Crippen molar-refractivity contribution in [3.05, 3.63) is 94.5 Å². The molecule has 0 radical (unpaired) electrons. The maximum absolute atomic E-state index is 2.99. The highest BCUT2D eigenvalue weighted by Crippen LogP contribution is 2.63. The summed E-state index contributed by atoms with van der Waals surface area (Å²) >= 11 is 2.08. The highest BCUT2D eigenvalue weighted by Gasteiger charge is 2.62. The standard InChI is InChI=1S/C56H69BN2S/c1-33(2)37-26-43-50-44(27-37)57-48-45(58(41-18-15-38(16-19-41)52(4,5)6)49-42-28-39(53(7,8)9)17-20-47(42)60-51(49)57)29-40(54(10)31-35-23-34(3)24-36(25-35)32-54)30-46(48)59(50)56(12)22-14-13-21-55(43,56)11/h15-20,26-30,33-36H,13-14,21-25,31-32H2,1-12H3. The van der Waals surface area contributed by atoms with E-state index >= 15 is 0 Å². The van der Waals surface area contributed by atoms with Crippen LogP contribution >= 0.6 is 11.3 Å². The fourth-order valence-corrected chi connectivity index (χ4v) is 15.5. The lowest BCUT2D eigenvalue weighted by Crippen LogP contribution is -2.64. The second kappa shape index (κ2) is 12.8. The Morgan fingerprint density at radius 1 is 0.733 bits per heavy atom. The number of fused-ring (bicyclic) bond motifs is 11. The SMILES string of the molecule is CC1CC2CC(C1)CC(C)(c1cc3c4c(c1)N1c5c(cc(C(C)C)cc5C5(C)CCCCC15C)B4c1sc4ccc(C(C)(C)C)cc4c1N3c1ccc(C(C)(C)C)cc1)C2. The summed E-state index contributed by atoms with van der Waals surface area (Å²) in [5.74, 6) is 2.98. The van der Waals surface area contributed by atoms with Crippen LogP contribution in [-0.2, 0) is 21.7 Å². The molecule has 2 nitrogen and oxygen atoms in total. The number of nitrogens with zero attached hydrogens (tertiary/aromatic N) is 2. The molecule has 2 bridgehead atoms. The summed E-state index contributed by atoms with van der Waals surface area (Å²) in [5, 5.41) is 1.42. The summed E-state index contributed by atoms with van der Waals surface area (Å²) in [7, 11) is 0. The summed E-state index contributed by atoms with van der Waals surface area (Å²) in [6.45, 7) is 29.7. The minimum Gasteiger partial charge on any atom is -0.335 e. The average molecular weight is 813 g/mol. The Hall–Kier alpha value is -3.50. The van der Waals surface area contributed by atoms with Crippen LogP contribution in [-0.4, -0.2) is 12.3 Å². The highest BCUT2D eigenvalue weighted by atomic mass is 32.1. The van der Waals surface area contributed by atoms with Gasteiger partial charge >= 0.3 is 0 Å². The molecule has 60 heavy (non-hydrogen) atoms. The lowest BCUT2D eigenvalue weighted by Gasteiger charge is -2.53. The van der Waals surface area contributed by atoms with E-state index in [4.69, 9.17) is 0 Å². The van der Waals surface area contributed by atoms with E-state index in [0.717, 1.165) is 17.8 Å². The minimum atomic E-state index is 0.00987. The van der Waals surface area contributed by atoms with Crippen LogP contribution in [0, 0.1) is 17.8 Å². The Kier molecular flexibility index (Phi) is 8.40. The van der Waals surface area contributed by atoms with Crippen molar-refractivity contribution < 1.29 is 0 Å². The zero-order valence-corrected chi connectivity index (χ0v) is 39.7. The molecule has 0 amide bonds. The third-order valence-electron chi connectivity index (χ3n) is 17.5. The number of benzene rings is 4. The van der Waals surface area contributed by atoms with E-state index in [9.17, 15) is 0 Å². The molecule has 4 heteroatoms. The fraction of sp³-hybridized carbons (Fsp3) is 0.536. The first-order valence-electron chi connectivity index (χ1n) is 23.9. The van der Waals surface area contributed by atoms with Crippen LogP contribution in [0.3, 0.4) is 0 Å². The molecule has 5 aromatic rings. The van der Waals surface area contributed by atoms with Crippen LogP contribution in [0.25, 0.3) is 10.1 Å². The number of hydrogen-bond donors (Lipinski definition) is 0. The number of thiophene rings is 1. The Morgan fingerprint density at radius 2 is 1.38 bits per heavy atom. The summed E-state index contributed by atoms with van der Waals surface area (Å²) in [4.78, 5) is 5.77. The first-order chi connectivity index (χ1) is 28.3. The van der Waals surface area contributed by atoms with Crippen LogP contribution in [0.2, 0.25) is 0 Å². The van der Waals surface area contributed by atoms with Gasteiger partial charge in [-0.1, -0.05) is 119 Å². The van der Waals surface area contributed by atoms with Crippen molar-refractivity contribution in [1.29, 1.82) is 0 Å². The van der Waals surface area contributed by atoms with Gasteiger partial charge in [0.2, 0.25) is 0 Å². The van der Waals surface area contributed by atoms with Gasteiger partial charge in [0.25, 0.3) is 6.71 Å². The van der Waals surface area contributed by atoms with E-state index in [1.165, 1.54) is 112 Å². The summed E-state index contributed by atoms with van der Waals surface area (Å²) in [6.07, 6.45) is 12.0. The monoisotopic (exact) mass is 813 g/mol. The minimum absolute atomic E-state index is 0.00987. The maximum Gasteiger partial charge on any atom is 0.264 e. The van der Waals surface area contributed by atoms with Gasteiger partial charge in [-0.05, 0) is 167 Å². The summed E-state index contributed by atoms with van der Waals surface area (Å²) in [6, 6.07) is 28.1. The van der Waals surface area contributed by atoms with Gasteiger partial charge in [0.05, 0.1) is 11.2 Å². The Balaban J connectivity index is 1.26. The molecule has 0 spiro atoms. The molecule has 3 fully saturated rings. The molecule has 4 heterocycles. The van der Waals surface area contributed by atoms with E-state index in [1.807, 2.05) is 0 Å². The van der Waals surface area contributed by atoms with Crippen molar-refractivity contribution in [2.75, 3.05) is 9.80 Å². The van der Waals surface area contributed by atoms with Gasteiger partial charge in [0, 0.05) is 43.0 Å². The van der Waals surface area contributed by atoms with Crippen molar-refractivity contribution >= 4 is 72.3 Å². The normalized spacial score (nSPS) is 29.1. The van der Waals surface area contributed by atoms with Gasteiger partial charge in [0.1, 0.15) is 0 Å². The molecule has 1 aromatic heterocycles. The molecule has 3 saturated carbocycles. The lowest BCUT2D eigenvalue weighted by atomic mass is 9.35. The third kappa shape index (κ3) is 5.43. The van der Waals surface area contributed by atoms with Crippen LogP contribution in [0.5, 0.6) is 0 Å². The average Bonchev–Trinajstić information content (AvgIpc) is 3.65. The Bertz CT molecular complexity index is 2560. The predicted octanol–water partition coefficient (Wildman–Crippen LogP) is 14.1. The van der Waals surface area contributed by atoms with Gasteiger partial charge in [0.15, 0.2) is 0 Å². The first-order valence-corrected chi connectivity index (χ1v) is 24.8. The second-order valence-corrected chi connectivity index (χ2v) is 25.2. The molecular weight excluding hydrogens is 744 g/mol. The van der Waals surface area contributed by atoms with Gasteiger partial charge in [-0.15, -0.1) is 11.3 Å². The summed E-state index contributed by atoms with van der Waals surface area (Å²) in [5.41, 5.74) is 18.3.